The third kappa shape index (κ3) is 4.38. The van der Waals surface area contributed by atoms with Crippen LogP contribution < -0.4 is 30.0 Å². The van der Waals surface area contributed by atoms with Crippen LogP contribution in [0.3, 0.4) is 0 Å². The predicted octanol–water partition coefficient (Wildman–Crippen LogP) is 0.814. The summed E-state index contributed by atoms with van der Waals surface area (Å²) in [5.41, 5.74) is 1.99. The van der Waals surface area contributed by atoms with Gasteiger partial charge in [-0.1, -0.05) is 0 Å². The Kier molecular flexibility index (Phi) is 7.10. The largest absolute Gasteiger partial charge is 1.00 e. The zero-order valence-corrected chi connectivity index (χ0v) is 19.4. The van der Waals surface area contributed by atoms with Gasteiger partial charge in [0, 0.05) is 0 Å². The second-order valence-corrected chi connectivity index (χ2v) is 14.1. The standard InChI is InChI=1S/C26H21AsN.BrH/c28-21-23-18-16-22(17-19-23)20-27(24-10-4-1-5-11-24,25-12-6-2-7-13-25)26-14-8-3-9-15-26;/h1-19H,20H2;1H/q+1;/p-1. The minimum atomic E-state index is -2.74. The minimum absolute atomic E-state index is 0. The van der Waals surface area contributed by atoms with Crippen LogP contribution in [0.1, 0.15) is 11.1 Å². The maximum absolute atomic E-state index is 9.16. The number of nitrogens with zero attached hydrogens (tertiary/aromatic N) is 1. The van der Waals surface area contributed by atoms with Crippen LogP contribution in [0.15, 0.2) is 115 Å². The van der Waals surface area contributed by atoms with E-state index in [1.165, 1.54) is 18.6 Å². The molecular weight excluding hydrogens is 481 g/mol. The SMILES string of the molecule is N#Cc1ccc(C[As+](c2ccccc2)(c2ccccc2)c2ccccc2)cc1.[Br-]. The number of rotatable bonds is 5. The fourth-order valence-corrected chi connectivity index (χ4v) is 12.6. The van der Waals surface area contributed by atoms with Crippen molar-refractivity contribution in [2.75, 3.05) is 0 Å². The maximum atomic E-state index is 9.16. The normalized spacial score (nSPS) is 10.6. The molecule has 0 amide bonds. The Balaban J connectivity index is 0.00000240. The van der Waals surface area contributed by atoms with Gasteiger partial charge in [0.15, 0.2) is 0 Å². The Morgan fingerprint density at radius 2 is 0.931 bits per heavy atom. The molecule has 0 spiro atoms. The van der Waals surface area contributed by atoms with Gasteiger partial charge in [-0.3, -0.25) is 0 Å². The molecular formula is C26H21AsBrN. The van der Waals surface area contributed by atoms with Gasteiger partial charge >= 0.3 is 170 Å². The number of halogens is 1. The summed E-state index contributed by atoms with van der Waals surface area (Å²) in [7, 11) is 0. The van der Waals surface area contributed by atoms with Crippen LogP contribution in [-0.4, -0.2) is 13.6 Å². The van der Waals surface area contributed by atoms with Crippen LogP contribution in [0.25, 0.3) is 0 Å². The van der Waals surface area contributed by atoms with Gasteiger partial charge in [-0.25, -0.2) is 0 Å². The summed E-state index contributed by atoms with van der Waals surface area (Å²) in [4.78, 5) is 0. The predicted molar refractivity (Wildman–Crippen MR) is 119 cm³/mol. The van der Waals surface area contributed by atoms with Crippen LogP contribution in [0.5, 0.6) is 0 Å². The molecule has 0 aromatic heterocycles. The first-order chi connectivity index (χ1) is 13.8. The Morgan fingerprint density at radius 1 is 0.552 bits per heavy atom. The van der Waals surface area contributed by atoms with E-state index >= 15 is 0 Å². The van der Waals surface area contributed by atoms with E-state index in [1.807, 2.05) is 12.1 Å². The zero-order chi connectivity index (χ0) is 19.2. The van der Waals surface area contributed by atoms with Crippen molar-refractivity contribution in [3.05, 3.63) is 126 Å². The summed E-state index contributed by atoms with van der Waals surface area (Å²) >= 11 is -2.74. The summed E-state index contributed by atoms with van der Waals surface area (Å²) in [5, 5.41) is 10.1. The second kappa shape index (κ2) is 9.75. The molecule has 0 atom stereocenters. The topological polar surface area (TPSA) is 23.8 Å². The van der Waals surface area contributed by atoms with Crippen molar-refractivity contribution >= 4 is 26.6 Å². The molecule has 3 heteroatoms. The Labute approximate surface area is 185 Å². The van der Waals surface area contributed by atoms with Gasteiger partial charge in [0.1, 0.15) is 0 Å². The van der Waals surface area contributed by atoms with E-state index < -0.39 is 13.6 Å². The Morgan fingerprint density at radius 3 is 1.28 bits per heavy atom. The van der Waals surface area contributed by atoms with E-state index in [0.29, 0.717) is 5.56 Å². The average molecular weight is 502 g/mol. The third-order valence-corrected chi connectivity index (χ3v) is 14.3. The summed E-state index contributed by atoms with van der Waals surface area (Å²) in [6, 6.07) is 43.2. The molecule has 0 N–H and O–H groups in total. The molecule has 0 saturated carbocycles. The van der Waals surface area contributed by atoms with Crippen molar-refractivity contribution in [2.45, 2.75) is 5.21 Å². The molecule has 142 valence electrons. The Hall–Kier alpha value is -2.59. The summed E-state index contributed by atoms with van der Waals surface area (Å²) in [6.07, 6.45) is 0. The second-order valence-electron chi connectivity index (χ2n) is 6.78. The molecule has 0 aliphatic carbocycles. The first kappa shape index (κ1) is 21.1. The van der Waals surface area contributed by atoms with Crippen molar-refractivity contribution in [3.8, 4) is 6.07 Å². The molecule has 4 aromatic carbocycles. The molecule has 0 aliphatic rings. The molecule has 0 heterocycles. The van der Waals surface area contributed by atoms with Crippen molar-refractivity contribution in [3.63, 3.8) is 0 Å². The fraction of sp³-hybridized carbons (Fsp3) is 0.0385. The van der Waals surface area contributed by atoms with E-state index in [0.717, 1.165) is 5.21 Å². The first-order valence-electron chi connectivity index (χ1n) is 9.37. The van der Waals surface area contributed by atoms with Crippen LogP contribution >= 0.6 is 0 Å². The maximum Gasteiger partial charge on any atom is -1.00 e. The van der Waals surface area contributed by atoms with Gasteiger partial charge in [0.05, 0.1) is 0 Å². The number of nitriles is 1. The minimum Gasteiger partial charge on any atom is -1.00 e. The monoisotopic (exact) mass is 501 g/mol. The summed E-state index contributed by atoms with van der Waals surface area (Å²) in [5.74, 6) is 0. The first-order valence-corrected chi connectivity index (χ1v) is 13.5. The molecule has 0 unspecified atom stereocenters. The van der Waals surface area contributed by atoms with Gasteiger partial charge in [-0.2, -0.15) is 0 Å². The smallest absolute Gasteiger partial charge is 1.00 e. The zero-order valence-electron chi connectivity index (χ0n) is 15.9. The van der Waals surface area contributed by atoms with Gasteiger partial charge in [0.25, 0.3) is 0 Å². The van der Waals surface area contributed by atoms with E-state index in [9.17, 15) is 0 Å². The van der Waals surface area contributed by atoms with Gasteiger partial charge in [-0.05, 0) is 0 Å². The van der Waals surface area contributed by atoms with Crippen LogP contribution in [0.4, 0.5) is 0 Å². The fourth-order valence-electron chi connectivity index (χ4n) is 3.73. The van der Waals surface area contributed by atoms with Crippen molar-refractivity contribution in [2.24, 2.45) is 0 Å². The summed E-state index contributed by atoms with van der Waals surface area (Å²) < 4.78 is 4.30. The van der Waals surface area contributed by atoms with E-state index in [2.05, 4.69) is 109 Å². The summed E-state index contributed by atoms with van der Waals surface area (Å²) in [6.45, 7) is 0. The van der Waals surface area contributed by atoms with Crippen molar-refractivity contribution in [1.82, 2.24) is 0 Å². The molecule has 0 saturated heterocycles. The molecule has 0 aliphatic heterocycles. The van der Waals surface area contributed by atoms with E-state index in [-0.39, 0.29) is 17.0 Å². The molecule has 0 radical (unpaired) electrons. The van der Waals surface area contributed by atoms with Gasteiger partial charge < -0.3 is 17.0 Å². The van der Waals surface area contributed by atoms with Crippen molar-refractivity contribution in [1.29, 1.82) is 5.26 Å². The van der Waals surface area contributed by atoms with E-state index in [1.54, 1.807) is 0 Å². The molecule has 0 bridgehead atoms. The van der Waals surface area contributed by atoms with Gasteiger partial charge in [-0.15, -0.1) is 0 Å². The molecule has 1 nitrogen and oxygen atoms in total. The molecule has 29 heavy (non-hydrogen) atoms. The average Bonchev–Trinajstić information content (AvgIpc) is 2.80. The van der Waals surface area contributed by atoms with Gasteiger partial charge in [0.2, 0.25) is 0 Å². The third-order valence-electron chi connectivity index (χ3n) is 5.09. The van der Waals surface area contributed by atoms with Crippen molar-refractivity contribution < 1.29 is 17.0 Å². The molecule has 4 rings (SSSR count). The number of hydrogen-bond donors (Lipinski definition) is 0. The van der Waals surface area contributed by atoms with Crippen LogP contribution in [-0.2, 0) is 5.21 Å². The number of benzene rings is 4. The number of hydrogen-bond acceptors (Lipinski definition) is 1. The van der Waals surface area contributed by atoms with Crippen LogP contribution in [0.2, 0.25) is 0 Å². The molecule has 4 aromatic rings. The molecule has 0 fully saturated rings. The van der Waals surface area contributed by atoms with Crippen LogP contribution in [0, 0.1) is 11.3 Å². The van der Waals surface area contributed by atoms with E-state index in [4.69, 9.17) is 5.26 Å². The Bertz CT molecular complexity index is 976. The quantitative estimate of drug-likeness (QED) is 0.371.